The van der Waals surface area contributed by atoms with E-state index in [0.29, 0.717) is 0 Å². The van der Waals surface area contributed by atoms with Crippen LogP contribution in [-0.2, 0) is 0 Å². The molecule has 3 heterocycles. The van der Waals surface area contributed by atoms with E-state index in [0.717, 1.165) is 30.8 Å². The first-order valence-corrected chi connectivity index (χ1v) is 7.00. The number of nitrogens with one attached hydrogen (secondary N) is 1. The van der Waals surface area contributed by atoms with Crippen LogP contribution in [0.25, 0.3) is 0 Å². The Morgan fingerprint density at radius 3 is 3.06 bits per heavy atom. The maximum Gasteiger partial charge on any atom is 0.131 e. The average Bonchev–Trinajstić information content (AvgIpc) is 2.47. The maximum atomic E-state index is 4.65. The van der Waals surface area contributed by atoms with Crippen molar-refractivity contribution in [2.75, 3.05) is 43.4 Å². The molecule has 0 aromatic carbocycles. The Hall–Kier alpha value is -1.29. The van der Waals surface area contributed by atoms with Crippen LogP contribution in [-0.4, -0.2) is 49.2 Å². The van der Waals surface area contributed by atoms with E-state index in [-0.39, 0.29) is 0 Å². The van der Waals surface area contributed by atoms with E-state index in [1.165, 1.54) is 32.4 Å². The summed E-state index contributed by atoms with van der Waals surface area (Å²) < 4.78 is 0. The van der Waals surface area contributed by atoms with Crippen LogP contribution in [0.5, 0.6) is 0 Å². The second-order valence-corrected chi connectivity index (χ2v) is 5.26. The summed E-state index contributed by atoms with van der Waals surface area (Å²) in [5.41, 5.74) is 0. The number of hydrogen-bond acceptors (Lipinski definition) is 4. The number of piperazine rings is 1. The summed E-state index contributed by atoms with van der Waals surface area (Å²) in [6.07, 6.45) is 4.12. The molecule has 1 unspecified atom stereocenters. The zero-order chi connectivity index (χ0) is 12.4. The molecule has 4 nitrogen and oxygen atoms in total. The van der Waals surface area contributed by atoms with Gasteiger partial charge in [-0.2, -0.15) is 0 Å². The van der Waals surface area contributed by atoms with Gasteiger partial charge in [0.25, 0.3) is 0 Å². The van der Waals surface area contributed by atoms with Crippen molar-refractivity contribution >= 4 is 11.6 Å². The molecule has 3 rings (SSSR count). The zero-order valence-electron chi connectivity index (χ0n) is 11.1. The van der Waals surface area contributed by atoms with Crippen LogP contribution in [0.2, 0.25) is 0 Å². The highest BCUT2D eigenvalue weighted by molar-refractivity contribution is 5.47. The first-order valence-electron chi connectivity index (χ1n) is 7.00. The molecule has 1 atom stereocenters. The molecule has 2 aliphatic heterocycles. The van der Waals surface area contributed by atoms with E-state index in [4.69, 9.17) is 0 Å². The number of fused-ring (bicyclic) bond motifs is 1. The Morgan fingerprint density at radius 2 is 2.17 bits per heavy atom. The Labute approximate surface area is 109 Å². The lowest BCUT2D eigenvalue weighted by atomic mass is 9.99. The van der Waals surface area contributed by atoms with Crippen LogP contribution in [0, 0.1) is 0 Å². The molecule has 4 heteroatoms. The van der Waals surface area contributed by atoms with Crippen molar-refractivity contribution in [3.05, 3.63) is 18.2 Å². The van der Waals surface area contributed by atoms with Gasteiger partial charge in [0.05, 0.1) is 0 Å². The fourth-order valence-electron chi connectivity index (χ4n) is 3.10. The van der Waals surface area contributed by atoms with Crippen molar-refractivity contribution < 1.29 is 0 Å². The van der Waals surface area contributed by atoms with Crippen molar-refractivity contribution in [1.82, 2.24) is 9.88 Å². The fraction of sp³-hybridized carbons (Fsp3) is 0.643. The third-order valence-electron chi connectivity index (χ3n) is 4.15. The summed E-state index contributed by atoms with van der Waals surface area (Å²) in [6.45, 7) is 4.73. The predicted molar refractivity (Wildman–Crippen MR) is 75.2 cm³/mol. The summed E-state index contributed by atoms with van der Waals surface area (Å²) in [5.74, 6) is 2.07. The Kier molecular flexibility index (Phi) is 3.37. The minimum atomic E-state index is 0.743. The third kappa shape index (κ3) is 2.29. The number of pyridine rings is 1. The topological polar surface area (TPSA) is 31.4 Å². The van der Waals surface area contributed by atoms with Gasteiger partial charge in [0.2, 0.25) is 0 Å². The maximum absolute atomic E-state index is 4.65. The summed E-state index contributed by atoms with van der Waals surface area (Å²) >= 11 is 0. The second-order valence-electron chi connectivity index (χ2n) is 5.26. The lowest BCUT2D eigenvalue weighted by Crippen LogP contribution is -2.55. The number of hydrogen-bond donors (Lipinski definition) is 1. The summed E-state index contributed by atoms with van der Waals surface area (Å²) in [5, 5.41) is 3.11. The van der Waals surface area contributed by atoms with Crippen LogP contribution in [0.1, 0.15) is 19.3 Å². The minimum absolute atomic E-state index is 0.743. The van der Waals surface area contributed by atoms with Gasteiger partial charge in [-0.25, -0.2) is 4.98 Å². The summed E-state index contributed by atoms with van der Waals surface area (Å²) in [7, 11) is 1.92. The lowest BCUT2D eigenvalue weighted by Gasteiger charge is -2.44. The SMILES string of the molecule is CNc1cccc(N2CCN3CCCCC3C2)n1. The number of rotatable bonds is 2. The molecule has 0 amide bonds. The van der Waals surface area contributed by atoms with Crippen molar-refractivity contribution in [3.8, 4) is 0 Å². The Morgan fingerprint density at radius 1 is 1.22 bits per heavy atom. The fourth-order valence-corrected chi connectivity index (χ4v) is 3.10. The first-order chi connectivity index (χ1) is 8.86. The molecule has 0 radical (unpaired) electrons. The van der Waals surface area contributed by atoms with Crippen molar-refractivity contribution in [3.63, 3.8) is 0 Å². The third-order valence-corrected chi connectivity index (χ3v) is 4.15. The van der Waals surface area contributed by atoms with Crippen LogP contribution in [0.4, 0.5) is 11.6 Å². The van der Waals surface area contributed by atoms with E-state index in [1.807, 2.05) is 13.1 Å². The molecule has 0 spiro atoms. The molecule has 0 bridgehead atoms. The minimum Gasteiger partial charge on any atom is -0.373 e. The van der Waals surface area contributed by atoms with Gasteiger partial charge in [-0.1, -0.05) is 12.5 Å². The van der Waals surface area contributed by atoms with Crippen LogP contribution < -0.4 is 10.2 Å². The van der Waals surface area contributed by atoms with Gasteiger partial charge in [0, 0.05) is 32.7 Å². The molecule has 1 N–H and O–H groups in total. The molecule has 2 aliphatic rings. The largest absolute Gasteiger partial charge is 0.373 e. The molecule has 98 valence electrons. The molecule has 2 saturated heterocycles. The molecule has 1 aromatic heterocycles. The summed E-state index contributed by atoms with van der Waals surface area (Å²) in [4.78, 5) is 9.74. The smallest absolute Gasteiger partial charge is 0.131 e. The van der Waals surface area contributed by atoms with Gasteiger partial charge in [-0.15, -0.1) is 0 Å². The van der Waals surface area contributed by atoms with Crippen LogP contribution >= 0.6 is 0 Å². The highest BCUT2D eigenvalue weighted by Gasteiger charge is 2.29. The highest BCUT2D eigenvalue weighted by atomic mass is 15.3. The molecule has 1 aromatic rings. The van der Waals surface area contributed by atoms with Gasteiger partial charge in [0.1, 0.15) is 11.6 Å². The lowest BCUT2D eigenvalue weighted by molar-refractivity contribution is 0.133. The quantitative estimate of drug-likeness (QED) is 0.862. The van der Waals surface area contributed by atoms with Crippen LogP contribution in [0.3, 0.4) is 0 Å². The molecular formula is C14H22N4. The van der Waals surface area contributed by atoms with E-state index in [2.05, 4.69) is 32.2 Å². The highest BCUT2D eigenvalue weighted by Crippen LogP contribution is 2.24. The van der Waals surface area contributed by atoms with Crippen LogP contribution in [0.15, 0.2) is 18.2 Å². The van der Waals surface area contributed by atoms with E-state index < -0.39 is 0 Å². The molecular weight excluding hydrogens is 224 g/mol. The van der Waals surface area contributed by atoms with E-state index in [9.17, 15) is 0 Å². The predicted octanol–water partition coefficient (Wildman–Crippen LogP) is 1.80. The first kappa shape index (κ1) is 11.8. The van der Waals surface area contributed by atoms with Gasteiger partial charge >= 0.3 is 0 Å². The van der Waals surface area contributed by atoms with Gasteiger partial charge in [-0.3, -0.25) is 4.90 Å². The van der Waals surface area contributed by atoms with Gasteiger partial charge in [0.15, 0.2) is 0 Å². The number of anilines is 2. The average molecular weight is 246 g/mol. The van der Waals surface area contributed by atoms with Crippen molar-refractivity contribution in [2.24, 2.45) is 0 Å². The van der Waals surface area contributed by atoms with Gasteiger partial charge < -0.3 is 10.2 Å². The number of piperidine rings is 1. The Balaban J connectivity index is 1.72. The van der Waals surface area contributed by atoms with Crippen molar-refractivity contribution in [1.29, 1.82) is 0 Å². The molecule has 2 fully saturated rings. The second kappa shape index (κ2) is 5.14. The Bertz CT molecular complexity index is 407. The van der Waals surface area contributed by atoms with E-state index >= 15 is 0 Å². The van der Waals surface area contributed by atoms with Gasteiger partial charge in [-0.05, 0) is 31.5 Å². The molecule has 18 heavy (non-hydrogen) atoms. The van der Waals surface area contributed by atoms with E-state index in [1.54, 1.807) is 0 Å². The molecule has 0 aliphatic carbocycles. The normalized spacial score (nSPS) is 24.7. The summed E-state index contributed by atoms with van der Waals surface area (Å²) in [6, 6.07) is 6.97. The number of aromatic nitrogens is 1. The zero-order valence-corrected chi connectivity index (χ0v) is 11.1. The van der Waals surface area contributed by atoms with Crippen molar-refractivity contribution in [2.45, 2.75) is 25.3 Å². The standard InChI is InChI=1S/C14H22N4/c1-15-13-6-4-7-14(16-13)18-10-9-17-8-3-2-5-12(17)11-18/h4,6-7,12H,2-3,5,8-11H2,1H3,(H,15,16). The molecule has 0 saturated carbocycles. The monoisotopic (exact) mass is 246 g/mol. The number of nitrogens with zero attached hydrogens (tertiary/aromatic N) is 3.